The lowest BCUT2D eigenvalue weighted by atomic mass is 10.1. The van der Waals surface area contributed by atoms with Gasteiger partial charge in [-0.15, -0.1) is 0 Å². The number of alkyl halides is 2. The summed E-state index contributed by atoms with van der Waals surface area (Å²) in [6.07, 6.45) is 0. The standard InChI is InChI=1S/C32H28F2N3O6PS/c1-19-10-12-25(15-20(19)2)35-31-37(18-22-11-13-28(21(3)14-22)32(33,34)44(40,41)42)36-29(45-31)23-6-4-8-26(16-23)43-27-9-5-7-24(17-27)30(38)39/h4-17H,18H2,1-3H3,(H,38,39)(H2,40,41,42). The van der Waals surface area contributed by atoms with Gasteiger partial charge in [0, 0.05) is 11.1 Å². The summed E-state index contributed by atoms with van der Waals surface area (Å²) in [7, 11) is -5.72. The minimum atomic E-state index is -5.72. The first kappa shape index (κ1) is 31.9. The van der Waals surface area contributed by atoms with Crippen LogP contribution in [0.2, 0.25) is 0 Å². The first-order valence-electron chi connectivity index (χ1n) is 13.6. The molecule has 0 saturated heterocycles. The van der Waals surface area contributed by atoms with Crippen molar-refractivity contribution in [2.24, 2.45) is 4.99 Å². The number of carboxylic acid groups (broad SMARTS) is 1. The van der Waals surface area contributed by atoms with Gasteiger partial charge >= 0.3 is 19.2 Å². The van der Waals surface area contributed by atoms with Gasteiger partial charge in [0.2, 0.25) is 4.80 Å². The van der Waals surface area contributed by atoms with Crippen LogP contribution < -0.4 is 9.54 Å². The molecule has 232 valence electrons. The van der Waals surface area contributed by atoms with Crippen molar-refractivity contribution < 1.29 is 37.8 Å². The number of hydrogen-bond donors (Lipinski definition) is 3. The average molecular weight is 652 g/mol. The summed E-state index contributed by atoms with van der Waals surface area (Å²) in [4.78, 5) is 35.1. The number of aryl methyl sites for hydroxylation is 3. The topological polar surface area (TPSA) is 134 Å². The highest BCUT2D eigenvalue weighted by atomic mass is 32.1. The maximum atomic E-state index is 14.4. The molecule has 0 fully saturated rings. The Morgan fingerprint density at radius 3 is 2.31 bits per heavy atom. The zero-order valence-corrected chi connectivity index (χ0v) is 26.0. The van der Waals surface area contributed by atoms with E-state index in [1.165, 1.54) is 42.5 Å². The number of rotatable bonds is 9. The minimum absolute atomic E-state index is 0.0290. The van der Waals surface area contributed by atoms with Crippen molar-refractivity contribution in [3.05, 3.63) is 123 Å². The summed E-state index contributed by atoms with van der Waals surface area (Å²) in [5.41, 5.74) is -0.789. The molecular weight excluding hydrogens is 623 g/mol. The highest BCUT2D eigenvalue weighted by Gasteiger charge is 2.51. The molecule has 3 N–H and O–H groups in total. The van der Waals surface area contributed by atoms with Gasteiger partial charge in [0.25, 0.3) is 0 Å². The van der Waals surface area contributed by atoms with E-state index in [4.69, 9.17) is 14.8 Å². The van der Waals surface area contributed by atoms with Gasteiger partial charge in [-0.1, -0.05) is 53.8 Å². The summed E-state index contributed by atoms with van der Waals surface area (Å²) < 4.78 is 47.9. The first-order chi connectivity index (χ1) is 21.2. The fraction of sp³-hybridized carbons (Fsp3) is 0.156. The molecule has 0 spiro atoms. The minimum Gasteiger partial charge on any atom is -0.478 e. The third-order valence-electron chi connectivity index (χ3n) is 7.05. The summed E-state index contributed by atoms with van der Waals surface area (Å²) >= 11 is 1.30. The maximum Gasteiger partial charge on any atom is 0.399 e. The fourth-order valence-electron chi connectivity index (χ4n) is 4.53. The molecular formula is C32H28F2N3O6PS. The predicted octanol–water partition coefficient (Wildman–Crippen LogP) is 7.54. The van der Waals surface area contributed by atoms with Gasteiger partial charge in [-0.3, -0.25) is 4.57 Å². The monoisotopic (exact) mass is 651 g/mol. The molecule has 1 aromatic heterocycles. The Labute approximate surface area is 260 Å². The maximum absolute atomic E-state index is 14.4. The van der Waals surface area contributed by atoms with Crippen molar-refractivity contribution in [2.75, 3.05) is 0 Å². The van der Waals surface area contributed by atoms with Gasteiger partial charge in [-0.25, -0.2) is 14.5 Å². The third-order valence-corrected chi connectivity index (χ3v) is 9.01. The molecule has 0 aliphatic rings. The van der Waals surface area contributed by atoms with E-state index >= 15 is 0 Å². The molecule has 4 aromatic carbocycles. The smallest absolute Gasteiger partial charge is 0.399 e. The van der Waals surface area contributed by atoms with Crippen LogP contribution in [-0.4, -0.2) is 30.6 Å². The van der Waals surface area contributed by atoms with Gasteiger partial charge in [-0.2, -0.15) is 13.9 Å². The number of hydrogen-bond acceptors (Lipinski definition) is 6. The molecule has 9 nitrogen and oxygen atoms in total. The van der Waals surface area contributed by atoms with E-state index in [2.05, 4.69) is 0 Å². The normalized spacial score (nSPS) is 12.4. The van der Waals surface area contributed by atoms with Crippen molar-refractivity contribution in [1.29, 1.82) is 0 Å². The number of aromatic carboxylic acids is 1. The molecule has 1 heterocycles. The van der Waals surface area contributed by atoms with Crippen LogP contribution in [0.5, 0.6) is 11.5 Å². The Bertz CT molecular complexity index is 2040. The van der Waals surface area contributed by atoms with Crippen LogP contribution >= 0.6 is 18.9 Å². The summed E-state index contributed by atoms with van der Waals surface area (Å²) in [5.74, 6) is -0.251. The second-order valence-corrected chi connectivity index (χ2v) is 13.0. The van der Waals surface area contributed by atoms with E-state index in [-0.39, 0.29) is 17.7 Å². The van der Waals surface area contributed by atoms with E-state index in [9.17, 15) is 33.0 Å². The van der Waals surface area contributed by atoms with E-state index in [1.807, 2.05) is 38.1 Å². The Morgan fingerprint density at radius 2 is 1.64 bits per heavy atom. The molecule has 45 heavy (non-hydrogen) atoms. The fourth-order valence-corrected chi connectivity index (χ4v) is 6.01. The van der Waals surface area contributed by atoms with Crippen molar-refractivity contribution >= 4 is 30.6 Å². The van der Waals surface area contributed by atoms with Crippen LogP contribution in [0.15, 0.2) is 89.9 Å². The zero-order chi connectivity index (χ0) is 32.5. The lowest BCUT2D eigenvalue weighted by Gasteiger charge is -2.20. The molecule has 5 rings (SSSR count). The SMILES string of the molecule is Cc1ccc(N=c2sc(-c3cccc(Oc4cccc(C(=O)O)c4)c3)nn2Cc2ccc(C(F)(F)P(=O)(O)O)c(C)c2)cc1C. The summed E-state index contributed by atoms with van der Waals surface area (Å²) in [5, 5.41) is 14.7. The predicted molar refractivity (Wildman–Crippen MR) is 166 cm³/mol. The molecule has 13 heteroatoms. The highest BCUT2D eigenvalue weighted by Crippen LogP contribution is 2.59. The van der Waals surface area contributed by atoms with Crippen molar-refractivity contribution in [3.63, 3.8) is 0 Å². The second-order valence-electron chi connectivity index (χ2n) is 10.4. The van der Waals surface area contributed by atoms with E-state index in [1.54, 1.807) is 35.0 Å². The molecule has 0 bridgehead atoms. The van der Waals surface area contributed by atoms with E-state index in [0.717, 1.165) is 17.2 Å². The molecule has 0 aliphatic heterocycles. The summed E-state index contributed by atoms with van der Waals surface area (Å²) in [6, 6.07) is 22.9. The molecule has 0 radical (unpaired) electrons. The third kappa shape index (κ3) is 7.10. The molecule has 5 aromatic rings. The zero-order valence-electron chi connectivity index (χ0n) is 24.3. The number of nitrogens with zero attached hydrogens (tertiary/aromatic N) is 3. The van der Waals surface area contributed by atoms with Gasteiger partial charge in [-0.05, 0) is 85.5 Å². The van der Waals surface area contributed by atoms with Gasteiger partial charge < -0.3 is 19.6 Å². The molecule has 0 aliphatic carbocycles. The molecule has 0 amide bonds. The van der Waals surface area contributed by atoms with Crippen molar-refractivity contribution in [1.82, 2.24) is 9.78 Å². The van der Waals surface area contributed by atoms with Crippen LogP contribution in [0.3, 0.4) is 0 Å². The van der Waals surface area contributed by atoms with Gasteiger partial charge in [0.05, 0.1) is 17.8 Å². The Hall–Kier alpha value is -4.48. The van der Waals surface area contributed by atoms with Crippen LogP contribution in [0.1, 0.15) is 38.2 Å². The quantitative estimate of drug-likeness (QED) is 0.140. The highest BCUT2D eigenvalue weighted by molar-refractivity contribution is 7.52. The molecule has 0 saturated carbocycles. The van der Waals surface area contributed by atoms with E-state index in [0.29, 0.717) is 38.1 Å². The number of benzene rings is 4. The first-order valence-corrected chi connectivity index (χ1v) is 16.0. The number of halogens is 2. The van der Waals surface area contributed by atoms with Crippen LogP contribution in [-0.2, 0) is 16.8 Å². The Balaban J connectivity index is 1.53. The van der Waals surface area contributed by atoms with Gasteiger partial charge in [0.1, 0.15) is 16.5 Å². The Kier molecular flexibility index (Phi) is 8.86. The largest absolute Gasteiger partial charge is 0.478 e. The molecule has 0 unspecified atom stereocenters. The summed E-state index contributed by atoms with van der Waals surface area (Å²) in [6.45, 7) is 5.49. The number of ether oxygens (including phenoxy) is 1. The lowest BCUT2D eigenvalue weighted by Crippen LogP contribution is -2.18. The van der Waals surface area contributed by atoms with Crippen LogP contribution in [0.4, 0.5) is 14.5 Å². The van der Waals surface area contributed by atoms with Crippen molar-refractivity contribution in [2.45, 2.75) is 33.0 Å². The van der Waals surface area contributed by atoms with E-state index < -0.39 is 24.8 Å². The lowest BCUT2D eigenvalue weighted by molar-refractivity contribution is 0.0558. The van der Waals surface area contributed by atoms with Crippen LogP contribution in [0.25, 0.3) is 10.6 Å². The Morgan fingerprint density at radius 1 is 0.933 bits per heavy atom. The van der Waals surface area contributed by atoms with Crippen molar-refractivity contribution in [3.8, 4) is 22.1 Å². The van der Waals surface area contributed by atoms with Gasteiger partial charge in [0.15, 0.2) is 0 Å². The average Bonchev–Trinajstić information content (AvgIpc) is 3.36. The number of carbonyl (C=O) groups is 1. The van der Waals surface area contributed by atoms with Crippen LogP contribution in [0, 0.1) is 20.8 Å². The second kappa shape index (κ2) is 12.5. The molecule has 0 atom stereocenters. The number of aromatic nitrogens is 2. The number of carboxylic acids is 1.